The Labute approximate surface area is 123 Å². The molecule has 0 aliphatic heterocycles. The van der Waals surface area contributed by atoms with Crippen molar-refractivity contribution in [3.05, 3.63) is 35.9 Å². The smallest absolute Gasteiger partial charge is 0.0648 e. The number of hydrogen-bond acceptors (Lipinski definition) is 1. The van der Waals surface area contributed by atoms with Gasteiger partial charge in [0.1, 0.15) is 0 Å². The quantitative estimate of drug-likeness (QED) is 0.828. The fourth-order valence-electron chi connectivity index (χ4n) is 4.39. The molecule has 1 N–H and O–H groups in total. The Morgan fingerprint density at radius 2 is 1.50 bits per heavy atom. The minimum Gasteiger partial charge on any atom is -0.390 e. The molecule has 0 atom stereocenters. The van der Waals surface area contributed by atoms with E-state index in [9.17, 15) is 5.11 Å². The Kier molecular flexibility index (Phi) is 4.16. The van der Waals surface area contributed by atoms with Crippen LogP contribution in [0.1, 0.15) is 69.8 Å². The minimum absolute atomic E-state index is 0.359. The molecule has 1 nitrogen and oxygen atoms in total. The summed E-state index contributed by atoms with van der Waals surface area (Å²) in [6, 6.07) is 10.7. The third-order valence-corrected chi connectivity index (χ3v) is 5.86. The summed E-state index contributed by atoms with van der Waals surface area (Å²) in [4.78, 5) is 0. The lowest BCUT2D eigenvalue weighted by Crippen LogP contribution is -2.38. The molecule has 0 aromatic heterocycles. The van der Waals surface area contributed by atoms with Gasteiger partial charge in [0.2, 0.25) is 0 Å². The molecule has 0 bridgehead atoms. The van der Waals surface area contributed by atoms with Crippen LogP contribution in [-0.2, 0) is 6.42 Å². The number of benzene rings is 1. The van der Waals surface area contributed by atoms with Gasteiger partial charge in [-0.25, -0.2) is 0 Å². The molecular formula is C19H28O. The molecule has 2 fully saturated rings. The summed E-state index contributed by atoms with van der Waals surface area (Å²) in [5, 5.41) is 10.8. The Hall–Kier alpha value is -0.820. The van der Waals surface area contributed by atoms with E-state index >= 15 is 0 Å². The number of hydrogen-bond donors (Lipinski definition) is 1. The summed E-state index contributed by atoms with van der Waals surface area (Å²) >= 11 is 0. The molecule has 0 unspecified atom stereocenters. The van der Waals surface area contributed by atoms with Gasteiger partial charge in [0.15, 0.2) is 0 Å². The Morgan fingerprint density at radius 1 is 0.850 bits per heavy atom. The van der Waals surface area contributed by atoms with Crippen molar-refractivity contribution in [2.24, 2.45) is 5.41 Å². The summed E-state index contributed by atoms with van der Waals surface area (Å²) in [6.45, 7) is 0. The van der Waals surface area contributed by atoms with Crippen LogP contribution in [-0.4, -0.2) is 10.7 Å². The standard InChI is InChI=1S/C19H28O/c20-19(12-6-9-17-7-2-1-3-8-17)15-13-18(14-16-19)10-4-5-11-18/h1-3,7-8,20H,4-6,9-16H2. The molecule has 0 saturated heterocycles. The first kappa shape index (κ1) is 14.1. The molecule has 2 aliphatic rings. The van der Waals surface area contributed by atoms with E-state index in [0.29, 0.717) is 5.41 Å². The van der Waals surface area contributed by atoms with E-state index in [-0.39, 0.29) is 5.60 Å². The molecule has 0 amide bonds. The van der Waals surface area contributed by atoms with Crippen LogP contribution in [0.15, 0.2) is 30.3 Å². The Balaban J connectivity index is 1.46. The van der Waals surface area contributed by atoms with Gasteiger partial charge >= 0.3 is 0 Å². The predicted molar refractivity (Wildman–Crippen MR) is 83.7 cm³/mol. The van der Waals surface area contributed by atoms with Crippen LogP contribution in [0.3, 0.4) is 0 Å². The average molecular weight is 272 g/mol. The Morgan fingerprint density at radius 3 is 2.15 bits per heavy atom. The monoisotopic (exact) mass is 272 g/mol. The molecular weight excluding hydrogens is 244 g/mol. The first-order valence-corrected chi connectivity index (χ1v) is 8.46. The highest BCUT2D eigenvalue weighted by atomic mass is 16.3. The van der Waals surface area contributed by atoms with Crippen molar-refractivity contribution in [1.29, 1.82) is 0 Å². The maximum Gasteiger partial charge on any atom is 0.0648 e. The fourth-order valence-corrected chi connectivity index (χ4v) is 4.39. The van der Waals surface area contributed by atoms with Crippen LogP contribution < -0.4 is 0 Å². The maximum absolute atomic E-state index is 10.8. The van der Waals surface area contributed by atoms with Crippen LogP contribution in [0.25, 0.3) is 0 Å². The van der Waals surface area contributed by atoms with Gasteiger partial charge in [0.25, 0.3) is 0 Å². The van der Waals surface area contributed by atoms with E-state index in [0.717, 1.165) is 32.1 Å². The molecule has 1 heteroatoms. The zero-order valence-corrected chi connectivity index (χ0v) is 12.6. The van der Waals surface area contributed by atoms with E-state index in [2.05, 4.69) is 30.3 Å². The molecule has 1 aromatic carbocycles. The molecule has 3 rings (SSSR count). The molecule has 0 heterocycles. The van der Waals surface area contributed by atoms with Crippen molar-refractivity contribution in [1.82, 2.24) is 0 Å². The first-order valence-electron chi connectivity index (χ1n) is 8.46. The molecule has 0 radical (unpaired) electrons. The van der Waals surface area contributed by atoms with E-state index < -0.39 is 0 Å². The summed E-state index contributed by atoms with van der Waals surface area (Å²) in [6.07, 6.45) is 13.5. The molecule has 2 aliphatic carbocycles. The fraction of sp³-hybridized carbons (Fsp3) is 0.684. The molecule has 1 aromatic rings. The zero-order chi connectivity index (χ0) is 13.9. The summed E-state index contributed by atoms with van der Waals surface area (Å²) < 4.78 is 0. The van der Waals surface area contributed by atoms with Gasteiger partial charge in [-0.2, -0.15) is 0 Å². The molecule has 110 valence electrons. The van der Waals surface area contributed by atoms with E-state index in [4.69, 9.17) is 0 Å². The number of rotatable bonds is 4. The van der Waals surface area contributed by atoms with Crippen LogP contribution in [0.2, 0.25) is 0 Å². The van der Waals surface area contributed by atoms with Crippen molar-refractivity contribution < 1.29 is 5.11 Å². The topological polar surface area (TPSA) is 20.2 Å². The second-order valence-electron chi connectivity index (χ2n) is 7.27. The lowest BCUT2D eigenvalue weighted by atomic mass is 9.66. The average Bonchev–Trinajstić information content (AvgIpc) is 2.93. The van der Waals surface area contributed by atoms with Gasteiger partial charge in [-0.1, -0.05) is 43.2 Å². The lowest BCUT2D eigenvalue weighted by Gasteiger charge is -2.42. The second-order valence-corrected chi connectivity index (χ2v) is 7.27. The van der Waals surface area contributed by atoms with Crippen molar-refractivity contribution in [2.45, 2.75) is 76.2 Å². The lowest BCUT2D eigenvalue weighted by molar-refractivity contribution is -0.0399. The zero-order valence-electron chi connectivity index (χ0n) is 12.6. The number of aliphatic hydroxyl groups is 1. The normalized spacial score (nSPS) is 24.1. The number of aryl methyl sites for hydroxylation is 1. The predicted octanol–water partition coefficient (Wildman–Crippen LogP) is 4.87. The van der Waals surface area contributed by atoms with Crippen molar-refractivity contribution in [2.75, 3.05) is 0 Å². The van der Waals surface area contributed by atoms with Gasteiger partial charge in [-0.15, -0.1) is 0 Å². The van der Waals surface area contributed by atoms with E-state index in [1.54, 1.807) is 0 Å². The van der Waals surface area contributed by atoms with Gasteiger partial charge in [0.05, 0.1) is 5.60 Å². The third-order valence-electron chi connectivity index (χ3n) is 5.86. The van der Waals surface area contributed by atoms with Crippen molar-refractivity contribution >= 4 is 0 Å². The van der Waals surface area contributed by atoms with E-state index in [1.165, 1.54) is 44.1 Å². The van der Waals surface area contributed by atoms with Crippen LogP contribution >= 0.6 is 0 Å². The van der Waals surface area contributed by atoms with Crippen LogP contribution in [0.4, 0.5) is 0 Å². The summed E-state index contributed by atoms with van der Waals surface area (Å²) in [5.41, 5.74) is 1.67. The van der Waals surface area contributed by atoms with Crippen molar-refractivity contribution in [3.63, 3.8) is 0 Å². The SMILES string of the molecule is OC1(CCCc2ccccc2)CCC2(CCCC2)CC1. The van der Waals surface area contributed by atoms with Gasteiger partial charge < -0.3 is 5.11 Å². The van der Waals surface area contributed by atoms with Crippen molar-refractivity contribution in [3.8, 4) is 0 Å². The Bertz CT molecular complexity index is 407. The van der Waals surface area contributed by atoms with Crippen LogP contribution in [0.5, 0.6) is 0 Å². The molecule has 20 heavy (non-hydrogen) atoms. The maximum atomic E-state index is 10.8. The highest BCUT2D eigenvalue weighted by molar-refractivity contribution is 5.14. The van der Waals surface area contributed by atoms with Gasteiger partial charge in [0, 0.05) is 0 Å². The molecule has 1 spiro atoms. The van der Waals surface area contributed by atoms with Gasteiger partial charge in [-0.05, 0) is 68.8 Å². The summed E-state index contributed by atoms with van der Waals surface area (Å²) in [7, 11) is 0. The minimum atomic E-state index is -0.359. The highest BCUT2D eigenvalue weighted by Gasteiger charge is 2.42. The summed E-state index contributed by atoms with van der Waals surface area (Å²) in [5.74, 6) is 0. The van der Waals surface area contributed by atoms with Gasteiger partial charge in [-0.3, -0.25) is 0 Å². The van der Waals surface area contributed by atoms with E-state index in [1.807, 2.05) is 0 Å². The first-order chi connectivity index (χ1) is 9.70. The largest absolute Gasteiger partial charge is 0.390 e. The second kappa shape index (κ2) is 5.89. The highest BCUT2D eigenvalue weighted by Crippen LogP contribution is 2.51. The van der Waals surface area contributed by atoms with Crippen LogP contribution in [0, 0.1) is 5.41 Å². The molecule has 2 saturated carbocycles. The third kappa shape index (κ3) is 3.25.